The lowest BCUT2D eigenvalue weighted by atomic mass is 10.1. The van der Waals surface area contributed by atoms with Crippen LogP contribution in [0.5, 0.6) is 0 Å². The van der Waals surface area contributed by atoms with Gasteiger partial charge in [-0.1, -0.05) is 0 Å². The van der Waals surface area contributed by atoms with E-state index in [0.29, 0.717) is 12.1 Å². The molecule has 0 atom stereocenters. The van der Waals surface area contributed by atoms with Crippen molar-refractivity contribution >= 4 is 6.29 Å². The summed E-state index contributed by atoms with van der Waals surface area (Å²) in [5.74, 6) is 0. The highest BCUT2D eigenvalue weighted by molar-refractivity contribution is 5.77. The van der Waals surface area contributed by atoms with Gasteiger partial charge in [-0.2, -0.15) is 13.2 Å². The number of rotatable bonds is 3. The number of nitrogens with zero attached hydrogens (tertiary/aromatic N) is 2. The second-order valence-corrected chi connectivity index (χ2v) is 3.63. The molecule has 3 nitrogen and oxygen atoms in total. The molecule has 1 aromatic rings. The summed E-state index contributed by atoms with van der Waals surface area (Å²) in [5.41, 5.74) is -0.989. The molecule has 0 aliphatic carbocycles. The molecule has 0 saturated heterocycles. The number of halogens is 3. The van der Waals surface area contributed by atoms with Crippen molar-refractivity contribution in [3.63, 3.8) is 0 Å². The number of carbonyl (C=O) groups is 1. The number of hydrogen-bond acceptors (Lipinski definition) is 3. The molecule has 0 unspecified atom stereocenters. The van der Waals surface area contributed by atoms with E-state index in [1.54, 1.807) is 19.0 Å². The van der Waals surface area contributed by atoms with Crippen LogP contribution in [0.1, 0.15) is 21.6 Å². The highest BCUT2D eigenvalue weighted by Crippen LogP contribution is 2.29. The number of aromatic nitrogens is 1. The van der Waals surface area contributed by atoms with Crippen LogP contribution in [0.15, 0.2) is 12.3 Å². The van der Waals surface area contributed by atoms with Crippen molar-refractivity contribution in [2.24, 2.45) is 0 Å². The molecule has 0 saturated carbocycles. The number of hydrogen-bond donors (Lipinski definition) is 0. The minimum absolute atomic E-state index is 0.176. The van der Waals surface area contributed by atoms with Crippen molar-refractivity contribution in [3.05, 3.63) is 29.1 Å². The minimum atomic E-state index is -4.59. The molecule has 88 valence electrons. The fraction of sp³-hybridized carbons (Fsp3) is 0.400. The highest BCUT2D eigenvalue weighted by Gasteiger charge is 2.35. The maximum atomic E-state index is 12.4. The molecule has 1 aromatic heterocycles. The lowest BCUT2D eigenvalue weighted by Gasteiger charge is -2.12. The van der Waals surface area contributed by atoms with Gasteiger partial charge in [0.25, 0.3) is 0 Å². The lowest BCUT2D eigenvalue weighted by molar-refractivity contribution is -0.141. The largest absolute Gasteiger partial charge is 0.434 e. The molecule has 0 aromatic carbocycles. The van der Waals surface area contributed by atoms with Crippen LogP contribution >= 0.6 is 0 Å². The summed E-state index contributed by atoms with van der Waals surface area (Å²) < 4.78 is 37.2. The third-order valence-electron chi connectivity index (χ3n) is 1.87. The Morgan fingerprint density at radius 2 is 2.06 bits per heavy atom. The number of alkyl halides is 3. The van der Waals surface area contributed by atoms with Crippen LogP contribution in [0.3, 0.4) is 0 Å². The van der Waals surface area contributed by atoms with Gasteiger partial charge in [0.2, 0.25) is 0 Å². The Morgan fingerprint density at radius 1 is 1.44 bits per heavy atom. The Kier molecular flexibility index (Phi) is 3.64. The molecule has 0 bridgehead atoms. The minimum Gasteiger partial charge on any atom is -0.305 e. The zero-order chi connectivity index (χ0) is 12.3. The number of aldehydes is 1. The highest BCUT2D eigenvalue weighted by atomic mass is 19.4. The summed E-state index contributed by atoms with van der Waals surface area (Å²) in [6.07, 6.45) is -3.28. The first-order valence-electron chi connectivity index (χ1n) is 4.50. The van der Waals surface area contributed by atoms with Gasteiger partial charge < -0.3 is 4.90 Å². The van der Waals surface area contributed by atoms with Gasteiger partial charge in [-0.3, -0.25) is 9.78 Å². The predicted molar refractivity (Wildman–Crippen MR) is 52.0 cm³/mol. The van der Waals surface area contributed by atoms with Crippen LogP contribution in [0.25, 0.3) is 0 Å². The fourth-order valence-corrected chi connectivity index (χ4v) is 1.31. The Morgan fingerprint density at radius 3 is 2.50 bits per heavy atom. The Balaban J connectivity index is 3.12. The van der Waals surface area contributed by atoms with Crippen molar-refractivity contribution in [2.45, 2.75) is 12.7 Å². The van der Waals surface area contributed by atoms with E-state index in [9.17, 15) is 18.0 Å². The van der Waals surface area contributed by atoms with Crippen LogP contribution < -0.4 is 0 Å². The third-order valence-corrected chi connectivity index (χ3v) is 1.87. The summed E-state index contributed by atoms with van der Waals surface area (Å²) in [5, 5.41) is 0. The van der Waals surface area contributed by atoms with Crippen molar-refractivity contribution in [3.8, 4) is 0 Å². The molecule has 6 heteroatoms. The van der Waals surface area contributed by atoms with Gasteiger partial charge in [-0.05, 0) is 25.7 Å². The molecule has 0 N–H and O–H groups in total. The maximum Gasteiger partial charge on any atom is 0.434 e. The van der Waals surface area contributed by atoms with Crippen LogP contribution in [-0.4, -0.2) is 30.3 Å². The van der Waals surface area contributed by atoms with E-state index < -0.39 is 17.4 Å². The number of carbonyl (C=O) groups excluding carboxylic acids is 1. The van der Waals surface area contributed by atoms with E-state index in [1.165, 1.54) is 6.07 Å². The first-order valence-corrected chi connectivity index (χ1v) is 4.50. The molecule has 1 heterocycles. The van der Waals surface area contributed by atoms with Gasteiger partial charge in [0.05, 0.1) is 0 Å². The van der Waals surface area contributed by atoms with E-state index >= 15 is 0 Å². The van der Waals surface area contributed by atoms with Gasteiger partial charge in [0, 0.05) is 18.3 Å². The maximum absolute atomic E-state index is 12.4. The van der Waals surface area contributed by atoms with Crippen molar-refractivity contribution in [2.75, 3.05) is 14.1 Å². The first-order chi connectivity index (χ1) is 7.34. The van der Waals surface area contributed by atoms with Gasteiger partial charge in [-0.25, -0.2) is 0 Å². The Hall–Kier alpha value is -1.43. The smallest absolute Gasteiger partial charge is 0.305 e. The molecule has 0 amide bonds. The lowest BCUT2D eigenvalue weighted by Crippen LogP contribution is -2.15. The van der Waals surface area contributed by atoms with Crippen LogP contribution in [0, 0.1) is 0 Å². The average molecular weight is 232 g/mol. The molecule has 0 radical (unpaired) electrons. The molecule has 0 spiro atoms. The standard InChI is InChI=1S/C10H11F3N2O/c1-15(2)5-7-3-8(6-16)9(14-4-7)10(11,12)13/h3-4,6H,5H2,1-2H3. The average Bonchev–Trinajstić information content (AvgIpc) is 2.14. The third kappa shape index (κ3) is 3.03. The molecular formula is C10H11F3N2O. The summed E-state index contributed by atoms with van der Waals surface area (Å²) in [6, 6.07) is 1.21. The van der Waals surface area contributed by atoms with Crippen molar-refractivity contribution in [1.82, 2.24) is 9.88 Å². The van der Waals surface area contributed by atoms with E-state index in [2.05, 4.69) is 4.98 Å². The van der Waals surface area contributed by atoms with E-state index in [0.717, 1.165) is 6.20 Å². The summed E-state index contributed by atoms with van der Waals surface area (Å²) >= 11 is 0. The second-order valence-electron chi connectivity index (χ2n) is 3.63. The van der Waals surface area contributed by atoms with Gasteiger partial charge in [0.1, 0.15) is 0 Å². The van der Waals surface area contributed by atoms with Gasteiger partial charge in [0.15, 0.2) is 12.0 Å². The number of pyridine rings is 1. The topological polar surface area (TPSA) is 33.2 Å². The normalized spacial score (nSPS) is 11.9. The van der Waals surface area contributed by atoms with E-state index in [4.69, 9.17) is 0 Å². The quantitative estimate of drug-likeness (QED) is 0.747. The molecule has 16 heavy (non-hydrogen) atoms. The van der Waals surface area contributed by atoms with Crippen LogP contribution in [0.2, 0.25) is 0 Å². The first kappa shape index (κ1) is 12.6. The zero-order valence-corrected chi connectivity index (χ0v) is 8.88. The molecular weight excluding hydrogens is 221 g/mol. The summed E-state index contributed by atoms with van der Waals surface area (Å²) in [6.45, 7) is 0.436. The summed E-state index contributed by atoms with van der Waals surface area (Å²) in [7, 11) is 3.55. The van der Waals surface area contributed by atoms with Crippen molar-refractivity contribution < 1.29 is 18.0 Å². The SMILES string of the molecule is CN(C)Cc1cnc(C(F)(F)F)c(C=O)c1. The predicted octanol–water partition coefficient (Wildman–Crippen LogP) is 1.97. The zero-order valence-electron chi connectivity index (χ0n) is 8.88. The Labute approximate surface area is 90.9 Å². The Bertz CT molecular complexity index is 388. The molecule has 0 fully saturated rings. The van der Waals surface area contributed by atoms with Crippen LogP contribution in [0.4, 0.5) is 13.2 Å². The monoisotopic (exact) mass is 232 g/mol. The van der Waals surface area contributed by atoms with Crippen molar-refractivity contribution in [1.29, 1.82) is 0 Å². The fourth-order valence-electron chi connectivity index (χ4n) is 1.31. The van der Waals surface area contributed by atoms with E-state index in [-0.39, 0.29) is 6.29 Å². The molecule has 1 rings (SSSR count). The summed E-state index contributed by atoms with van der Waals surface area (Å²) in [4.78, 5) is 15.6. The van der Waals surface area contributed by atoms with Gasteiger partial charge >= 0.3 is 6.18 Å². The molecule has 0 aliphatic rings. The van der Waals surface area contributed by atoms with E-state index in [1.807, 2.05) is 0 Å². The second kappa shape index (κ2) is 4.61. The van der Waals surface area contributed by atoms with Crippen LogP contribution in [-0.2, 0) is 12.7 Å². The molecule has 0 aliphatic heterocycles. The van der Waals surface area contributed by atoms with Gasteiger partial charge in [-0.15, -0.1) is 0 Å².